The van der Waals surface area contributed by atoms with E-state index >= 15 is 0 Å². The van der Waals surface area contributed by atoms with Gasteiger partial charge in [-0.05, 0) is 54.5 Å². The molecule has 0 fully saturated rings. The van der Waals surface area contributed by atoms with Crippen molar-refractivity contribution in [2.24, 2.45) is 5.41 Å². The Hall–Kier alpha value is -2.51. The van der Waals surface area contributed by atoms with Crippen LogP contribution in [0.5, 0.6) is 0 Å². The number of rotatable bonds is 7. The zero-order valence-electron chi connectivity index (χ0n) is 14.5. The number of hydrogen-bond donors (Lipinski definition) is 0. The highest BCUT2D eigenvalue weighted by molar-refractivity contribution is 5.86. The fraction of sp³-hybridized carbons (Fsp3) is 0.333. The number of allylic oxidation sites excluding steroid dienone is 1. The van der Waals surface area contributed by atoms with Crippen LogP contribution in [-0.2, 0) is 4.74 Å². The fourth-order valence-electron chi connectivity index (χ4n) is 2.50. The van der Waals surface area contributed by atoms with Gasteiger partial charge in [-0.15, -0.1) is 5.73 Å². The highest BCUT2D eigenvalue weighted by Gasteiger charge is 2.20. The van der Waals surface area contributed by atoms with E-state index < -0.39 is 5.97 Å². The SMILES string of the molecule is CC(=C=Cc1ccccc1)CC(C)(C)CCOC(=O)c1ccco1. The van der Waals surface area contributed by atoms with Crippen LogP contribution < -0.4 is 0 Å². The molecule has 126 valence electrons. The predicted octanol–water partition coefficient (Wildman–Crippen LogP) is 5.50. The lowest BCUT2D eigenvalue weighted by Gasteiger charge is -2.24. The number of esters is 1. The maximum atomic E-state index is 11.7. The van der Waals surface area contributed by atoms with Crippen LogP contribution >= 0.6 is 0 Å². The Kier molecular flexibility index (Phi) is 6.22. The average molecular weight is 324 g/mol. The molecule has 1 heterocycles. The Bertz CT molecular complexity index is 703. The molecule has 0 saturated heterocycles. The van der Waals surface area contributed by atoms with Gasteiger partial charge in [0.15, 0.2) is 0 Å². The van der Waals surface area contributed by atoms with Gasteiger partial charge in [0.05, 0.1) is 12.9 Å². The first-order valence-corrected chi connectivity index (χ1v) is 8.14. The van der Waals surface area contributed by atoms with Crippen molar-refractivity contribution in [3.63, 3.8) is 0 Å². The molecule has 2 aromatic rings. The number of carbonyl (C=O) groups excluding carboxylic acids is 1. The van der Waals surface area contributed by atoms with Crippen LogP contribution in [0.4, 0.5) is 0 Å². The summed E-state index contributed by atoms with van der Waals surface area (Å²) >= 11 is 0. The van der Waals surface area contributed by atoms with Crippen LogP contribution in [0.1, 0.15) is 49.7 Å². The van der Waals surface area contributed by atoms with Gasteiger partial charge >= 0.3 is 5.97 Å². The highest BCUT2D eigenvalue weighted by Crippen LogP contribution is 2.28. The maximum Gasteiger partial charge on any atom is 0.374 e. The third-order valence-corrected chi connectivity index (χ3v) is 3.76. The summed E-state index contributed by atoms with van der Waals surface area (Å²) in [6.45, 7) is 6.79. The summed E-state index contributed by atoms with van der Waals surface area (Å²) in [4.78, 5) is 11.7. The Labute approximate surface area is 143 Å². The van der Waals surface area contributed by atoms with E-state index in [0.717, 1.165) is 18.4 Å². The number of ether oxygens (including phenoxy) is 1. The summed E-state index contributed by atoms with van der Waals surface area (Å²) in [5, 5.41) is 0. The minimum Gasteiger partial charge on any atom is -0.460 e. The monoisotopic (exact) mass is 324 g/mol. The van der Waals surface area contributed by atoms with Crippen molar-refractivity contribution in [1.82, 2.24) is 0 Å². The molecule has 0 aliphatic carbocycles. The Morgan fingerprint density at radius 1 is 1.21 bits per heavy atom. The van der Waals surface area contributed by atoms with E-state index in [4.69, 9.17) is 9.15 Å². The third kappa shape index (κ3) is 5.94. The summed E-state index contributed by atoms with van der Waals surface area (Å²) < 4.78 is 10.3. The molecule has 2 rings (SSSR count). The molecule has 0 bridgehead atoms. The first kappa shape index (κ1) is 17.8. The molecule has 0 atom stereocenters. The summed E-state index contributed by atoms with van der Waals surface area (Å²) in [5.74, 6) is -0.165. The van der Waals surface area contributed by atoms with E-state index in [1.54, 1.807) is 12.1 Å². The van der Waals surface area contributed by atoms with Gasteiger partial charge in [0, 0.05) is 0 Å². The molecule has 0 radical (unpaired) electrons. The van der Waals surface area contributed by atoms with Crippen molar-refractivity contribution in [3.8, 4) is 0 Å². The van der Waals surface area contributed by atoms with Crippen molar-refractivity contribution in [3.05, 3.63) is 71.4 Å². The quantitative estimate of drug-likeness (QED) is 0.498. The van der Waals surface area contributed by atoms with Crippen molar-refractivity contribution in [1.29, 1.82) is 0 Å². The van der Waals surface area contributed by atoms with E-state index in [-0.39, 0.29) is 11.2 Å². The molecule has 0 spiro atoms. The number of furan rings is 1. The van der Waals surface area contributed by atoms with Gasteiger partial charge in [-0.1, -0.05) is 44.2 Å². The number of hydrogen-bond acceptors (Lipinski definition) is 3. The minimum absolute atomic E-state index is 0.0328. The average Bonchev–Trinajstić information content (AvgIpc) is 3.08. The molecule has 24 heavy (non-hydrogen) atoms. The largest absolute Gasteiger partial charge is 0.460 e. The predicted molar refractivity (Wildman–Crippen MR) is 95.6 cm³/mol. The van der Waals surface area contributed by atoms with Crippen LogP contribution in [0.3, 0.4) is 0 Å². The summed E-state index contributed by atoms with van der Waals surface area (Å²) in [7, 11) is 0. The van der Waals surface area contributed by atoms with Gasteiger partial charge in [-0.3, -0.25) is 0 Å². The smallest absolute Gasteiger partial charge is 0.374 e. The second-order valence-corrected chi connectivity index (χ2v) is 6.68. The molecule has 1 aromatic carbocycles. The van der Waals surface area contributed by atoms with Gasteiger partial charge in [-0.2, -0.15) is 0 Å². The van der Waals surface area contributed by atoms with Crippen molar-refractivity contribution in [2.75, 3.05) is 6.61 Å². The summed E-state index contributed by atoms with van der Waals surface area (Å²) in [5.41, 5.74) is 5.70. The van der Waals surface area contributed by atoms with Gasteiger partial charge in [0.1, 0.15) is 0 Å². The van der Waals surface area contributed by atoms with E-state index in [1.165, 1.54) is 11.8 Å². The lowest BCUT2D eigenvalue weighted by atomic mass is 9.83. The van der Waals surface area contributed by atoms with Crippen LogP contribution in [0.25, 0.3) is 6.08 Å². The molecular formula is C21H24O3. The molecule has 3 heteroatoms. The van der Waals surface area contributed by atoms with E-state index in [9.17, 15) is 4.79 Å². The first-order chi connectivity index (χ1) is 11.5. The lowest BCUT2D eigenvalue weighted by Crippen LogP contribution is -2.16. The van der Waals surface area contributed by atoms with Crippen LogP contribution in [0, 0.1) is 5.41 Å². The molecule has 0 saturated carbocycles. The standard InChI is InChI=1S/C21H24O3/c1-17(11-12-18-8-5-4-6-9-18)16-21(2,3)13-15-24-20(22)19-10-7-14-23-19/h4-10,12,14H,13,15-16H2,1-3H3. The van der Waals surface area contributed by atoms with Crippen molar-refractivity contribution >= 4 is 12.0 Å². The summed E-state index contributed by atoms with van der Waals surface area (Å²) in [6, 6.07) is 13.4. The Morgan fingerprint density at radius 2 is 1.96 bits per heavy atom. The van der Waals surface area contributed by atoms with Gasteiger partial charge in [-0.25, -0.2) is 4.79 Å². The van der Waals surface area contributed by atoms with Crippen LogP contribution in [0.2, 0.25) is 0 Å². The molecule has 0 unspecified atom stereocenters. The molecule has 0 amide bonds. The normalized spacial score (nSPS) is 10.8. The number of carbonyl (C=O) groups is 1. The van der Waals surface area contributed by atoms with Crippen molar-refractivity contribution in [2.45, 2.75) is 33.6 Å². The third-order valence-electron chi connectivity index (χ3n) is 3.76. The Balaban J connectivity index is 1.84. The molecule has 0 N–H and O–H groups in total. The number of benzene rings is 1. The van der Waals surface area contributed by atoms with E-state index in [0.29, 0.717) is 6.61 Å². The van der Waals surface area contributed by atoms with Gasteiger partial charge in [0.25, 0.3) is 0 Å². The molecule has 0 aliphatic heterocycles. The van der Waals surface area contributed by atoms with Gasteiger partial charge < -0.3 is 9.15 Å². The fourth-order valence-corrected chi connectivity index (χ4v) is 2.50. The topological polar surface area (TPSA) is 39.4 Å². The second-order valence-electron chi connectivity index (χ2n) is 6.68. The lowest BCUT2D eigenvalue weighted by molar-refractivity contribution is 0.0422. The molecular weight excluding hydrogens is 300 g/mol. The van der Waals surface area contributed by atoms with E-state index in [1.807, 2.05) is 24.3 Å². The molecule has 1 aromatic heterocycles. The highest BCUT2D eigenvalue weighted by atomic mass is 16.5. The zero-order chi connectivity index (χ0) is 17.4. The van der Waals surface area contributed by atoms with Crippen LogP contribution in [0.15, 0.2) is 64.4 Å². The van der Waals surface area contributed by atoms with Crippen LogP contribution in [-0.4, -0.2) is 12.6 Å². The zero-order valence-corrected chi connectivity index (χ0v) is 14.5. The molecule has 0 aliphatic rings. The second kappa shape index (κ2) is 8.37. The first-order valence-electron chi connectivity index (χ1n) is 8.14. The van der Waals surface area contributed by atoms with E-state index in [2.05, 4.69) is 38.6 Å². The van der Waals surface area contributed by atoms with Gasteiger partial charge in [0.2, 0.25) is 5.76 Å². The van der Waals surface area contributed by atoms with Crippen molar-refractivity contribution < 1.29 is 13.9 Å². The molecule has 3 nitrogen and oxygen atoms in total. The maximum absolute atomic E-state index is 11.7. The minimum atomic E-state index is -0.410. The Morgan fingerprint density at radius 3 is 2.62 bits per heavy atom. The summed E-state index contributed by atoms with van der Waals surface area (Å²) in [6.07, 6.45) is 5.15.